The molecule has 14 heavy (non-hydrogen) atoms. The molecule has 0 saturated carbocycles. The Kier molecular flexibility index (Phi) is 4.40. The molecule has 0 aromatic carbocycles. The maximum absolute atomic E-state index is 11.6. The topological polar surface area (TPSA) is 40.5 Å². The molecule has 0 radical (unpaired) electrons. The highest BCUT2D eigenvalue weighted by molar-refractivity contribution is 5.88. The van der Waals surface area contributed by atoms with Crippen molar-refractivity contribution in [2.75, 3.05) is 13.2 Å². The van der Waals surface area contributed by atoms with Gasteiger partial charge in [-0.3, -0.25) is 4.79 Å². The lowest BCUT2D eigenvalue weighted by Crippen LogP contribution is -2.36. The van der Waals surface area contributed by atoms with Gasteiger partial charge in [0, 0.05) is 12.6 Å². The summed E-state index contributed by atoms with van der Waals surface area (Å²) >= 11 is 0. The summed E-state index contributed by atoms with van der Waals surface area (Å²) in [6.45, 7) is 2.74. The zero-order valence-electron chi connectivity index (χ0n) is 8.52. The number of allylic oxidation sites excluding steroid dienone is 3. The fourth-order valence-corrected chi connectivity index (χ4v) is 1.66. The molecule has 1 saturated heterocycles. The molecule has 0 spiro atoms. The minimum atomic E-state index is -0.000324. The highest BCUT2D eigenvalue weighted by Gasteiger charge is 2.26. The molecule has 1 rings (SSSR count). The molecule has 3 heteroatoms. The summed E-state index contributed by atoms with van der Waals surface area (Å²) in [6, 6.07) is 0.0257. The second kappa shape index (κ2) is 5.60. The Bertz CT molecular complexity index is 246. The summed E-state index contributed by atoms with van der Waals surface area (Å²) in [5.41, 5.74) is 0. The van der Waals surface area contributed by atoms with E-state index in [-0.39, 0.29) is 18.6 Å². The summed E-state index contributed by atoms with van der Waals surface area (Å²) in [7, 11) is 0. The fourth-order valence-electron chi connectivity index (χ4n) is 1.66. The van der Waals surface area contributed by atoms with Crippen LogP contribution >= 0.6 is 0 Å². The van der Waals surface area contributed by atoms with E-state index in [1.54, 1.807) is 17.1 Å². The number of nitrogens with zero attached hydrogens (tertiary/aromatic N) is 1. The average molecular weight is 195 g/mol. The fraction of sp³-hybridized carbons (Fsp3) is 0.545. The Morgan fingerprint density at radius 1 is 1.57 bits per heavy atom. The number of amides is 1. The third kappa shape index (κ3) is 2.70. The number of aliphatic hydroxyl groups is 1. The summed E-state index contributed by atoms with van der Waals surface area (Å²) in [6.07, 6.45) is 8.89. The van der Waals surface area contributed by atoms with Crippen LogP contribution in [0.25, 0.3) is 0 Å². The van der Waals surface area contributed by atoms with Gasteiger partial charge in [-0.2, -0.15) is 0 Å². The summed E-state index contributed by atoms with van der Waals surface area (Å²) in [5, 5.41) is 9.02. The number of likely N-dealkylation sites (tertiary alicyclic amines) is 1. The standard InChI is InChI=1S/C11H17NO2/c1-2-3-4-7-11(14)12-8-5-6-10(12)9-13/h2-4,7,10,13H,5-6,8-9H2,1H3/t10-/m0/s1. The minimum Gasteiger partial charge on any atom is -0.394 e. The Labute approximate surface area is 84.7 Å². The van der Waals surface area contributed by atoms with Gasteiger partial charge in [-0.15, -0.1) is 0 Å². The van der Waals surface area contributed by atoms with Crippen LogP contribution in [-0.2, 0) is 4.79 Å². The first-order chi connectivity index (χ1) is 6.79. The molecule has 1 heterocycles. The van der Waals surface area contributed by atoms with Gasteiger partial charge >= 0.3 is 0 Å². The van der Waals surface area contributed by atoms with Gasteiger partial charge in [-0.05, 0) is 19.8 Å². The van der Waals surface area contributed by atoms with Gasteiger partial charge in [0.15, 0.2) is 0 Å². The lowest BCUT2D eigenvalue weighted by atomic mass is 10.2. The van der Waals surface area contributed by atoms with Crippen molar-refractivity contribution in [3.8, 4) is 0 Å². The number of carbonyl (C=O) groups excluding carboxylic acids is 1. The van der Waals surface area contributed by atoms with E-state index in [0.717, 1.165) is 19.4 Å². The van der Waals surface area contributed by atoms with E-state index >= 15 is 0 Å². The molecule has 0 unspecified atom stereocenters. The van der Waals surface area contributed by atoms with Crippen molar-refractivity contribution in [2.24, 2.45) is 0 Å². The second-order valence-electron chi connectivity index (χ2n) is 3.40. The van der Waals surface area contributed by atoms with Crippen LogP contribution in [0.4, 0.5) is 0 Å². The average Bonchev–Trinajstić information content (AvgIpc) is 2.65. The number of hydrogen-bond acceptors (Lipinski definition) is 2. The van der Waals surface area contributed by atoms with Gasteiger partial charge in [-0.25, -0.2) is 0 Å². The van der Waals surface area contributed by atoms with Crippen LogP contribution in [0.5, 0.6) is 0 Å². The highest BCUT2D eigenvalue weighted by Crippen LogP contribution is 2.16. The van der Waals surface area contributed by atoms with Crippen LogP contribution in [0.2, 0.25) is 0 Å². The number of rotatable bonds is 3. The molecule has 78 valence electrons. The van der Waals surface area contributed by atoms with Crippen molar-refractivity contribution in [1.82, 2.24) is 4.90 Å². The number of carbonyl (C=O) groups is 1. The first-order valence-electron chi connectivity index (χ1n) is 5.00. The van der Waals surface area contributed by atoms with E-state index in [0.29, 0.717) is 0 Å². The van der Waals surface area contributed by atoms with E-state index in [4.69, 9.17) is 5.11 Å². The SMILES string of the molecule is CC=CC=CC(=O)N1CCC[C@H]1CO. The smallest absolute Gasteiger partial charge is 0.246 e. The third-order valence-electron chi connectivity index (χ3n) is 2.41. The molecular weight excluding hydrogens is 178 g/mol. The molecule has 1 aliphatic heterocycles. The van der Waals surface area contributed by atoms with Crippen LogP contribution in [-0.4, -0.2) is 35.1 Å². The molecule has 0 aliphatic carbocycles. The van der Waals surface area contributed by atoms with Gasteiger partial charge in [0.25, 0.3) is 0 Å². The van der Waals surface area contributed by atoms with Gasteiger partial charge in [0.05, 0.1) is 12.6 Å². The summed E-state index contributed by atoms with van der Waals surface area (Å²) < 4.78 is 0. The Morgan fingerprint density at radius 3 is 3.00 bits per heavy atom. The van der Waals surface area contributed by atoms with Crippen molar-refractivity contribution in [2.45, 2.75) is 25.8 Å². The largest absolute Gasteiger partial charge is 0.394 e. The van der Waals surface area contributed by atoms with E-state index in [1.807, 2.05) is 19.1 Å². The maximum atomic E-state index is 11.6. The lowest BCUT2D eigenvalue weighted by molar-refractivity contribution is -0.127. The Hall–Kier alpha value is -1.09. The molecule has 0 aromatic heterocycles. The van der Waals surface area contributed by atoms with Crippen molar-refractivity contribution in [3.05, 3.63) is 24.3 Å². The van der Waals surface area contributed by atoms with Gasteiger partial charge in [0.2, 0.25) is 5.91 Å². The summed E-state index contributed by atoms with van der Waals surface area (Å²) in [4.78, 5) is 13.3. The predicted octanol–water partition coefficient (Wildman–Crippen LogP) is 1.10. The van der Waals surface area contributed by atoms with E-state index in [2.05, 4.69) is 0 Å². The van der Waals surface area contributed by atoms with Crippen molar-refractivity contribution in [3.63, 3.8) is 0 Å². The lowest BCUT2D eigenvalue weighted by Gasteiger charge is -2.21. The zero-order valence-corrected chi connectivity index (χ0v) is 8.52. The molecular formula is C11H17NO2. The van der Waals surface area contributed by atoms with E-state index in [1.165, 1.54) is 0 Å². The van der Waals surface area contributed by atoms with Crippen LogP contribution in [0.3, 0.4) is 0 Å². The maximum Gasteiger partial charge on any atom is 0.246 e. The molecule has 1 aliphatic rings. The van der Waals surface area contributed by atoms with Gasteiger partial charge < -0.3 is 10.0 Å². The van der Waals surface area contributed by atoms with Crippen molar-refractivity contribution in [1.29, 1.82) is 0 Å². The van der Waals surface area contributed by atoms with Crippen LogP contribution in [0.1, 0.15) is 19.8 Å². The molecule has 0 bridgehead atoms. The molecule has 0 aromatic rings. The predicted molar refractivity (Wildman–Crippen MR) is 55.8 cm³/mol. The Balaban J connectivity index is 2.51. The summed E-state index contributed by atoms with van der Waals surface area (Å²) in [5.74, 6) is -0.000324. The molecule has 3 nitrogen and oxygen atoms in total. The van der Waals surface area contributed by atoms with E-state index in [9.17, 15) is 4.79 Å². The van der Waals surface area contributed by atoms with Crippen LogP contribution < -0.4 is 0 Å². The second-order valence-corrected chi connectivity index (χ2v) is 3.40. The monoisotopic (exact) mass is 195 g/mol. The van der Waals surface area contributed by atoms with Gasteiger partial charge in [-0.1, -0.05) is 18.2 Å². The van der Waals surface area contributed by atoms with Crippen molar-refractivity contribution < 1.29 is 9.90 Å². The first-order valence-corrected chi connectivity index (χ1v) is 5.00. The van der Waals surface area contributed by atoms with Gasteiger partial charge in [0.1, 0.15) is 0 Å². The quantitative estimate of drug-likeness (QED) is 0.541. The van der Waals surface area contributed by atoms with Crippen LogP contribution in [0, 0.1) is 0 Å². The molecule has 1 atom stereocenters. The first kappa shape index (κ1) is 11.0. The minimum absolute atomic E-state index is 0.000324. The van der Waals surface area contributed by atoms with E-state index < -0.39 is 0 Å². The third-order valence-corrected chi connectivity index (χ3v) is 2.41. The molecule has 1 amide bonds. The molecule has 1 N–H and O–H groups in total. The normalized spacial score (nSPS) is 22.7. The van der Waals surface area contributed by atoms with Crippen LogP contribution in [0.15, 0.2) is 24.3 Å². The number of hydrogen-bond donors (Lipinski definition) is 1. The number of aliphatic hydroxyl groups excluding tert-OH is 1. The Morgan fingerprint density at radius 2 is 2.36 bits per heavy atom. The van der Waals surface area contributed by atoms with Crippen molar-refractivity contribution >= 4 is 5.91 Å². The zero-order chi connectivity index (χ0) is 10.4. The highest BCUT2D eigenvalue weighted by atomic mass is 16.3. The molecule has 1 fully saturated rings.